The van der Waals surface area contributed by atoms with Gasteiger partial charge in [0.15, 0.2) is 0 Å². The minimum absolute atomic E-state index is 0.100. The Labute approximate surface area is 140 Å². The summed E-state index contributed by atoms with van der Waals surface area (Å²) in [5.41, 5.74) is 2.08. The van der Waals surface area contributed by atoms with Crippen molar-refractivity contribution in [3.63, 3.8) is 0 Å². The van der Waals surface area contributed by atoms with Crippen LogP contribution in [0.2, 0.25) is 5.02 Å². The van der Waals surface area contributed by atoms with E-state index < -0.39 is 0 Å². The maximum atomic E-state index is 6.37. The fourth-order valence-corrected chi connectivity index (χ4v) is 4.61. The van der Waals surface area contributed by atoms with Gasteiger partial charge >= 0.3 is 0 Å². The molecule has 0 saturated heterocycles. The number of alkyl halides is 1. The number of rotatable bonds is 4. The molecule has 5 heteroatoms. The molecule has 1 aromatic carbocycles. The minimum Gasteiger partial charge on any atom is -0.325 e. The van der Waals surface area contributed by atoms with Crippen LogP contribution in [-0.2, 0) is 6.54 Å². The van der Waals surface area contributed by atoms with Crippen LogP contribution in [0, 0.1) is 0 Å². The Morgan fingerprint density at radius 3 is 2.71 bits per heavy atom. The summed E-state index contributed by atoms with van der Waals surface area (Å²) in [6.45, 7) is 2.96. The molecule has 114 valence electrons. The maximum Gasteiger partial charge on any atom is 0.127 e. The molecule has 1 heterocycles. The summed E-state index contributed by atoms with van der Waals surface area (Å²) in [6.07, 6.45) is 7.40. The summed E-state index contributed by atoms with van der Waals surface area (Å²) in [6, 6.07) is 5.89. The van der Waals surface area contributed by atoms with Crippen LogP contribution >= 0.6 is 35.0 Å². The van der Waals surface area contributed by atoms with Crippen LogP contribution in [0.1, 0.15) is 43.8 Å². The number of thioether (sulfide) groups is 1. The second-order valence-electron chi connectivity index (χ2n) is 5.90. The average Bonchev–Trinajstić information content (AvgIpc) is 3.05. The standard InChI is InChI=1S/C16H20Cl2N2S/c1-11(17)15-19-13-6-5-12(18)9-14(13)20(15)10-16(21-2)7-3-4-8-16/h5-6,9,11H,3-4,7-8,10H2,1-2H3. The van der Waals surface area contributed by atoms with Crippen LogP contribution in [0.3, 0.4) is 0 Å². The van der Waals surface area contributed by atoms with Gasteiger partial charge in [0.25, 0.3) is 0 Å². The second-order valence-corrected chi connectivity index (χ2v) is 8.26. The average molecular weight is 343 g/mol. The van der Waals surface area contributed by atoms with Gasteiger partial charge in [0.05, 0.1) is 16.4 Å². The first-order valence-electron chi connectivity index (χ1n) is 7.39. The monoisotopic (exact) mass is 342 g/mol. The quantitative estimate of drug-likeness (QED) is 0.666. The maximum absolute atomic E-state index is 6.37. The van der Waals surface area contributed by atoms with Crippen molar-refractivity contribution in [1.82, 2.24) is 9.55 Å². The van der Waals surface area contributed by atoms with Crippen LogP contribution in [0.4, 0.5) is 0 Å². The van der Waals surface area contributed by atoms with E-state index in [9.17, 15) is 0 Å². The van der Waals surface area contributed by atoms with E-state index in [4.69, 9.17) is 28.2 Å². The summed E-state index contributed by atoms with van der Waals surface area (Å²) in [4.78, 5) is 4.72. The third kappa shape index (κ3) is 2.93. The number of hydrogen-bond acceptors (Lipinski definition) is 2. The van der Waals surface area contributed by atoms with E-state index in [-0.39, 0.29) is 5.38 Å². The van der Waals surface area contributed by atoms with Crippen LogP contribution in [0.15, 0.2) is 18.2 Å². The van der Waals surface area contributed by atoms with Crippen LogP contribution in [0.5, 0.6) is 0 Å². The largest absolute Gasteiger partial charge is 0.325 e. The van der Waals surface area contributed by atoms with Crippen molar-refractivity contribution in [2.45, 2.75) is 49.3 Å². The fourth-order valence-electron chi connectivity index (χ4n) is 3.32. The molecule has 0 aliphatic heterocycles. The van der Waals surface area contributed by atoms with Crippen molar-refractivity contribution >= 4 is 46.0 Å². The first-order valence-corrected chi connectivity index (χ1v) is 9.43. The molecule has 0 N–H and O–H groups in total. The molecule has 1 fully saturated rings. The van der Waals surface area contributed by atoms with Crippen molar-refractivity contribution in [3.05, 3.63) is 29.0 Å². The summed E-state index contributed by atoms with van der Waals surface area (Å²) < 4.78 is 2.61. The number of hydrogen-bond donors (Lipinski definition) is 0. The summed E-state index contributed by atoms with van der Waals surface area (Å²) >= 11 is 14.5. The zero-order valence-corrected chi connectivity index (χ0v) is 14.7. The minimum atomic E-state index is -0.100. The van der Waals surface area contributed by atoms with Gasteiger partial charge in [-0.05, 0) is 44.2 Å². The lowest BCUT2D eigenvalue weighted by atomic mass is 10.1. The van der Waals surface area contributed by atoms with Crippen molar-refractivity contribution < 1.29 is 0 Å². The van der Waals surface area contributed by atoms with Gasteiger partial charge in [0.1, 0.15) is 5.82 Å². The number of imidazole rings is 1. The van der Waals surface area contributed by atoms with Crippen molar-refractivity contribution in [2.75, 3.05) is 6.26 Å². The lowest BCUT2D eigenvalue weighted by Crippen LogP contribution is -2.27. The van der Waals surface area contributed by atoms with Crippen molar-refractivity contribution in [2.24, 2.45) is 0 Å². The Balaban J connectivity index is 2.10. The van der Waals surface area contributed by atoms with Gasteiger partial charge in [0, 0.05) is 16.3 Å². The first kappa shape index (κ1) is 15.5. The molecule has 1 aromatic heterocycles. The summed E-state index contributed by atoms with van der Waals surface area (Å²) in [7, 11) is 0. The Kier molecular flexibility index (Phi) is 4.45. The molecule has 1 aliphatic rings. The van der Waals surface area contributed by atoms with Gasteiger partial charge in [-0.25, -0.2) is 4.98 Å². The van der Waals surface area contributed by atoms with Gasteiger partial charge in [-0.15, -0.1) is 11.6 Å². The van der Waals surface area contributed by atoms with E-state index in [0.717, 1.165) is 28.4 Å². The molecule has 3 rings (SSSR count). The van der Waals surface area contributed by atoms with Gasteiger partial charge < -0.3 is 4.57 Å². The molecule has 1 atom stereocenters. The molecule has 2 nitrogen and oxygen atoms in total. The lowest BCUT2D eigenvalue weighted by molar-refractivity contribution is 0.501. The van der Waals surface area contributed by atoms with Crippen LogP contribution in [-0.4, -0.2) is 20.6 Å². The highest BCUT2D eigenvalue weighted by Crippen LogP contribution is 2.43. The van der Waals surface area contributed by atoms with Crippen LogP contribution in [0.25, 0.3) is 11.0 Å². The second kappa shape index (κ2) is 6.02. The van der Waals surface area contributed by atoms with Crippen molar-refractivity contribution in [3.8, 4) is 0 Å². The number of benzene rings is 1. The molecular weight excluding hydrogens is 323 g/mol. The molecule has 1 aliphatic carbocycles. The van der Waals surface area contributed by atoms with Gasteiger partial charge in [0.2, 0.25) is 0 Å². The Hall–Kier alpha value is -0.380. The zero-order valence-electron chi connectivity index (χ0n) is 12.4. The van der Waals surface area contributed by atoms with E-state index in [1.807, 2.05) is 36.9 Å². The SMILES string of the molecule is CSC1(Cn2c(C(C)Cl)nc3ccc(Cl)cc32)CCCC1. The van der Waals surface area contributed by atoms with E-state index in [1.54, 1.807) is 0 Å². The predicted octanol–water partition coefficient (Wildman–Crippen LogP) is 5.67. The third-order valence-corrected chi connectivity index (χ3v) is 6.32. The van der Waals surface area contributed by atoms with E-state index in [2.05, 4.69) is 10.8 Å². The number of fused-ring (bicyclic) bond motifs is 1. The van der Waals surface area contributed by atoms with Crippen molar-refractivity contribution in [1.29, 1.82) is 0 Å². The molecule has 1 saturated carbocycles. The summed E-state index contributed by atoms with van der Waals surface area (Å²) in [5, 5.41) is 0.651. The molecule has 2 aromatic rings. The van der Waals surface area contributed by atoms with Gasteiger partial charge in [-0.3, -0.25) is 0 Å². The highest BCUT2D eigenvalue weighted by Gasteiger charge is 2.34. The number of halogens is 2. The first-order chi connectivity index (χ1) is 10.0. The lowest BCUT2D eigenvalue weighted by Gasteiger charge is -2.28. The number of nitrogens with zero attached hydrogens (tertiary/aromatic N) is 2. The smallest absolute Gasteiger partial charge is 0.127 e. The number of aromatic nitrogens is 2. The molecule has 0 bridgehead atoms. The highest BCUT2D eigenvalue weighted by atomic mass is 35.5. The van der Waals surface area contributed by atoms with Crippen LogP contribution < -0.4 is 0 Å². The normalized spacial score (nSPS) is 19.2. The molecular formula is C16H20Cl2N2S. The zero-order chi connectivity index (χ0) is 15.0. The van der Waals surface area contributed by atoms with Gasteiger partial charge in [-0.2, -0.15) is 11.8 Å². The molecule has 1 unspecified atom stereocenters. The van der Waals surface area contributed by atoms with E-state index in [1.165, 1.54) is 25.7 Å². The Bertz CT molecular complexity index is 645. The van der Waals surface area contributed by atoms with E-state index >= 15 is 0 Å². The predicted molar refractivity (Wildman–Crippen MR) is 93.7 cm³/mol. The molecule has 0 radical (unpaired) electrons. The molecule has 21 heavy (non-hydrogen) atoms. The third-order valence-electron chi connectivity index (χ3n) is 4.49. The Morgan fingerprint density at radius 1 is 1.38 bits per heavy atom. The topological polar surface area (TPSA) is 17.8 Å². The molecule has 0 spiro atoms. The fraction of sp³-hybridized carbons (Fsp3) is 0.562. The summed E-state index contributed by atoms with van der Waals surface area (Å²) in [5.74, 6) is 0.953. The molecule has 0 amide bonds. The van der Waals surface area contributed by atoms with Gasteiger partial charge in [-0.1, -0.05) is 24.4 Å². The highest BCUT2D eigenvalue weighted by molar-refractivity contribution is 8.00. The Morgan fingerprint density at radius 2 is 2.10 bits per heavy atom. The van der Waals surface area contributed by atoms with E-state index in [0.29, 0.717) is 4.75 Å².